The van der Waals surface area contributed by atoms with Crippen molar-refractivity contribution in [2.24, 2.45) is 7.05 Å². The van der Waals surface area contributed by atoms with Crippen molar-refractivity contribution >= 4 is 11.6 Å². The van der Waals surface area contributed by atoms with Gasteiger partial charge in [-0.15, -0.1) is 5.10 Å². The van der Waals surface area contributed by atoms with Gasteiger partial charge in [0.1, 0.15) is 12.4 Å². The van der Waals surface area contributed by atoms with Gasteiger partial charge in [0.15, 0.2) is 5.69 Å². The number of aromatic nitrogens is 3. The highest BCUT2D eigenvalue weighted by molar-refractivity contribution is 6.02. The second kappa shape index (κ2) is 6.74. The number of hydrogen-bond acceptors (Lipinski definition) is 4. The van der Waals surface area contributed by atoms with E-state index in [1.165, 1.54) is 11.0 Å². The molecule has 1 N–H and O–H groups in total. The molecule has 3 rings (SSSR count). The zero-order valence-electron chi connectivity index (χ0n) is 12.6. The molecule has 0 aliphatic rings. The third-order valence-corrected chi connectivity index (χ3v) is 3.19. The van der Waals surface area contributed by atoms with Gasteiger partial charge in [0, 0.05) is 12.7 Å². The minimum absolute atomic E-state index is 0.275. The molecule has 23 heavy (non-hydrogen) atoms. The lowest BCUT2D eigenvalue weighted by Crippen LogP contribution is -2.12. The zero-order chi connectivity index (χ0) is 16.1. The fourth-order valence-electron chi connectivity index (χ4n) is 2.02. The van der Waals surface area contributed by atoms with Crippen LogP contribution in [-0.4, -0.2) is 20.9 Å². The maximum atomic E-state index is 12.0. The van der Waals surface area contributed by atoms with Crippen LogP contribution in [0.5, 0.6) is 5.75 Å². The van der Waals surface area contributed by atoms with E-state index in [1.807, 2.05) is 42.5 Å². The van der Waals surface area contributed by atoms with Gasteiger partial charge in [-0.2, -0.15) is 9.90 Å². The number of hydrogen-bond donors (Lipinski definition) is 1. The monoisotopic (exact) mass is 308 g/mol. The number of rotatable bonds is 5. The average molecular weight is 308 g/mol. The van der Waals surface area contributed by atoms with Gasteiger partial charge in [-0.05, 0) is 29.8 Å². The van der Waals surface area contributed by atoms with Crippen molar-refractivity contribution in [2.45, 2.75) is 6.61 Å². The highest BCUT2D eigenvalue weighted by atomic mass is 16.5. The highest BCUT2D eigenvalue weighted by Crippen LogP contribution is 2.17. The molecule has 6 nitrogen and oxygen atoms in total. The van der Waals surface area contributed by atoms with Crippen LogP contribution in [0.15, 0.2) is 60.8 Å². The Morgan fingerprint density at radius 1 is 1.13 bits per heavy atom. The predicted octanol–water partition coefficient (Wildman–Crippen LogP) is 2.65. The smallest absolute Gasteiger partial charge is 0.277 e. The minimum atomic E-state index is -0.295. The SMILES string of the molecule is Cn1ncc(C(=O)Nc2ccc(OCc3ccccc3)cc2)n1. The first kappa shape index (κ1) is 14.8. The van der Waals surface area contributed by atoms with E-state index in [0.29, 0.717) is 12.3 Å². The highest BCUT2D eigenvalue weighted by Gasteiger charge is 2.09. The quantitative estimate of drug-likeness (QED) is 0.786. The summed E-state index contributed by atoms with van der Waals surface area (Å²) in [5.74, 6) is 0.447. The Labute approximate surface area is 133 Å². The maximum Gasteiger partial charge on any atom is 0.277 e. The van der Waals surface area contributed by atoms with E-state index >= 15 is 0 Å². The molecule has 1 heterocycles. The van der Waals surface area contributed by atoms with Crippen LogP contribution in [0.1, 0.15) is 16.1 Å². The number of carbonyl (C=O) groups excluding carboxylic acids is 1. The molecular formula is C17H16N4O2. The van der Waals surface area contributed by atoms with E-state index in [2.05, 4.69) is 15.5 Å². The first-order valence-electron chi connectivity index (χ1n) is 7.15. The molecule has 0 unspecified atom stereocenters. The van der Waals surface area contributed by atoms with E-state index < -0.39 is 0 Å². The number of nitrogens with zero attached hydrogens (tertiary/aromatic N) is 3. The summed E-state index contributed by atoms with van der Waals surface area (Å²) in [4.78, 5) is 13.3. The van der Waals surface area contributed by atoms with Crippen LogP contribution in [0.2, 0.25) is 0 Å². The standard InChI is InChI=1S/C17H16N4O2/c1-21-18-11-16(20-21)17(22)19-14-7-9-15(10-8-14)23-12-13-5-3-2-4-6-13/h2-11H,12H2,1H3,(H,19,22). The van der Waals surface area contributed by atoms with Crippen LogP contribution < -0.4 is 10.1 Å². The van der Waals surface area contributed by atoms with Gasteiger partial charge in [0.25, 0.3) is 5.91 Å². The van der Waals surface area contributed by atoms with E-state index in [9.17, 15) is 4.79 Å². The van der Waals surface area contributed by atoms with E-state index in [0.717, 1.165) is 11.3 Å². The first-order valence-corrected chi connectivity index (χ1v) is 7.15. The summed E-state index contributed by atoms with van der Waals surface area (Å²) in [6, 6.07) is 17.1. The van der Waals surface area contributed by atoms with Gasteiger partial charge in [-0.3, -0.25) is 4.79 Å². The molecule has 2 aromatic carbocycles. The summed E-state index contributed by atoms with van der Waals surface area (Å²) in [6.07, 6.45) is 1.42. The normalized spacial score (nSPS) is 10.3. The van der Waals surface area contributed by atoms with Crippen LogP contribution in [0, 0.1) is 0 Å². The second-order valence-electron chi connectivity index (χ2n) is 4.97. The summed E-state index contributed by atoms with van der Waals surface area (Å²) in [6.45, 7) is 0.506. The van der Waals surface area contributed by atoms with Gasteiger partial charge in [0.2, 0.25) is 0 Å². The maximum absolute atomic E-state index is 12.0. The topological polar surface area (TPSA) is 69.0 Å². The molecule has 3 aromatic rings. The van der Waals surface area contributed by atoms with Crippen molar-refractivity contribution in [1.29, 1.82) is 0 Å². The Hall–Kier alpha value is -3.15. The Kier molecular flexibility index (Phi) is 4.33. The van der Waals surface area contributed by atoms with Crippen molar-refractivity contribution in [3.63, 3.8) is 0 Å². The van der Waals surface area contributed by atoms with Crippen molar-refractivity contribution in [3.8, 4) is 5.75 Å². The Bertz CT molecular complexity index is 782. The van der Waals surface area contributed by atoms with E-state index in [1.54, 1.807) is 19.2 Å². The van der Waals surface area contributed by atoms with Crippen molar-refractivity contribution in [3.05, 3.63) is 72.1 Å². The first-order chi connectivity index (χ1) is 11.2. The number of aryl methyl sites for hydroxylation is 1. The molecule has 0 atom stereocenters. The molecule has 0 spiro atoms. The molecule has 0 saturated heterocycles. The van der Waals surface area contributed by atoms with Gasteiger partial charge < -0.3 is 10.1 Å². The van der Waals surface area contributed by atoms with Crippen LogP contribution in [-0.2, 0) is 13.7 Å². The Balaban J connectivity index is 1.57. The molecular weight excluding hydrogens is 292 g/mol. The van der Waals surface area contributed by atoms with Gasteiger partial charge in [-0.1, -0.05) is 30.3 Å². The lowest BCUT2D eigenvalue weighted by atomic mass is 10.2. The third kappa shape index (κ3) is 3.94. The molecule has 0 radical (unpaired) electrons. The Morgan fingerprint density at radius 3 is 2.52 bits per heavy atom. The number of anilines is 1. The summed E-state index contributed by atoms with van der Waals surface area (Å²) in [7, 11) is 1.66. The molecule has 0 aliphatic carbocycles. The Morgan fingerprint density at radius 2 is 1.87 bits per heavy atom. The molecule has 1 aromatic heterocycles. The van der Waals surface area contributed by atoms with E-state index in [-0.39, 0.29) is 11.6 Å². The second-order valence-corrected chi connectivity index (χ2v) is 4.97. The number of benzene rings is 2. The third-order valence-electron chi connectivity index (χ3n) is 3.19. The number of carbonyl (C=O) groups is 1. The molecule has 116 valence electrons. The van der Waals surface area contributed by atoms with Crippen LogP contribution >= 0.6 is 0 Å². The van der Waals surface area contributed by atoms with Crippen LogP contribution in [0.4, 0.5) is 5.69 Å². The summed E-state index contributed by atoms with van der Waals surface area (Å²) >= 11 is 0. The van der Waals surface area contributed by atoms with Gasteiger partial charge in [0.05, 0.1) is 6.20 Å². The molecule has 6 heteroatoms. The fourth-order valence-corrected chi connectivity index (χ4v) is 2.02. The summed E-state index contributed by atoms with van der Waals surface area (Å²) in [5.41, 5.74) is 2.05. The van der Waals surface area contributed by atoms with Crippen molar-refractivity contribution in [1.82, 2.24) is 15.0 Å². The van der Waals surface area contributed by atoms with Crippen molar-refractivity contribution in [2.75, 3.05) is 5.32 Å². The van der Waals surface area contributed by atoms with E-state index in [4.69, 9.17) is 4.74 Å². The van der Waals surface area contributed by atoms with Gasteiger partial charge >= 0.3 is 0 Å². The number of nitrogens with one attached hydrogen (secondary N) is 1. The molecule has 1 amide bonds. The minimum Gasteiger partial charge on any atom is -0.489 e. The summed E-state index contributed by atoms with van der Waals surface area (Å²) < 4.78 is 5.70. The lowest BCUT2D eigenvalue weighted by Gasteiger charge is -2.08. The molecule has 0 saturated carbocycles. The van der Waals surface area contributed by atoms with Crippen LogP contribution in [0.25, 0.3) is 0 Å². The molecule has 0 bridgehead atoms. The van der Waals surface area contributed by atoms with Crippen LogP contribution in [0.3, 0.4) is 0 Å². The average Bonchev–Trinajstić information content (AvgIpc) is 3.02. The summed E-state index contributed by atoms with van der Waals surface area (Å²) in [5, 5.41) is 10.6. The zero-order valence-corrected chi connectivity index (χ0v) is 12.6. The number of amides is 1. The fraction of sp³-hybridized carbons (Fsp3) is 0.118. The molecule has 0 fully saturated rings. The predicted molar refractivity (Wildman–Crippen MR) is 86.2 cm³/mol. The number of ether oxygens (including phenoxy) is 1. The molecule has 0 aliphatic heterocycles. The largest absolute Gasteiger partial charge is 0.489 e. The van der Waals surface area contributed by atoms with Crippen molar-refractivity contribution < 1.29 is 9.53 Å². The lowest BCUT2D eigenvalue weighted by molar-refractivity contribution is 0.102. The van der Waals surface area contributed by atoms with Gasteiger partial charge in [-0.25, -0.2) is 0 Å².